The Labute approximate surface area is 156 Å². The standard InChI is InChI=1S/C20H15BN4O2/c26-21(27)17-13-7-12-16(22-17)20-24-18(14-8-3-1-4-9-14)23-19(25-20)15-10-5-2-6-11-15/h1-13,26-27H. The van der Waals surface area contributed by atoms with Crippen molar-refractivity contribution < 1.29 is 10.0 Å². The Morgan fingerprint density at radius 3 is 1.56 bits per heavy atom. The maximum absolute atomic E-state index is 9.40. The number of hydrogen-bond donors (Lipinski definition) is 2. The lowest BCUT2D eigenvalue weighted by Gasteiger charge is -2.08. The lowest BCUT2D eigenvalue weighted by atomic mass is 9.85. The molecule has 0 saturated carbocycles. The van der Waals surface area contributed by atoms with Crippen molar-refractivity contribution in [3.63, 3.8) is 0 Å². The molecule has 0 bridgehead atoms. The summed E-state index contributed by atoms with van der Waals surface area (Å²) >= 11 is 0. The van der Waals surface area contributed by atoms with Crippen molar-refractivity contribution in [3.8, 4) is 34.3 Å². The van der Waals surface area contributed by atoms with Crippen LogP contribution in [0.25, 0.3) is 34.3 Å². The first kappa shape index (κ1) is 17.0. The third-order valence-corrected chi connectivity index (χ3v) is 3.96. The molecular formula is C20H15BN4O2. The molecule has 0 radical (unpaired) electrons. The molecule has 2 N–H and O–H groups in total. The van der Waals surface area contributed by atoms with Gasteiger partial charge in [-0.15, -0.1) is 0 Å². The van der Waals surface area contributed by atoms with Crippen LogP contribution in [0.3, 0.4) is 0 Å². The Morgan fingerprint density at radius 1 is 0.519 bits per heavy atom. The van der Waals surface area contributed by atoms with E-state index in [-0.39, 0.29) is 5.59 Å². The molecule has 0 aliphatic carbocycles. The van der Waals surface area contributed by atoms with Gasteiger partial charge in [0.05, 0.1) is 5.59 Å². The first-order chi connectivity index (χ1) is 13.2. The molecule has 27 heavy (non-hydrogen) atoms. The number of hydrogen-bond acceptors (Lipinski definition) is 6. The van der Waals surface area contributed by atoms with Gasteiger partial charge in [-0.05, 0) is 12.1 Å². The monoisotopic (exact) mass is 354 g/mol. The van der Waals surface area contributed by atoms with E-state index in [4.69, 9.17) is 0 Å². The Kier molecular flexibility index (Phi) is 4.70. The van der Waals surface area contributed by atoms with E-state index in [0.717, 1.165) is 11.1 Å². The summed E-state index contributed by atoms with van der Waals surface area (Å²) in [4.78, 5) is 18.0. The average molecular weight is 354 g/mol. The quantitative estimate of drug-likeness (QED) is 0.544. The van der Waals surface area contributed by atoms with Crippen LogP contribution < -0.4 is 5.59 Å². The summed E-state index contributed by atoms with van der Waals surface area (Å²) in [6, 6.07) is 24.2. The van der Waals surface area contributed by atoms with Gasteiger partial charge >= 0.3 is 7.12 Å². The van der Waals surface area contributed by atoms with E-state index in [1.807, 2.05) is 60.7 Å². The smallest absolute Gasteiger partial charge is 0.422 e. The van der Waals surface area contributed by atoms with Gasteiger partial charge in [-0.3, -0.25) is 4.98 Å². The molecule has 4 rings (SSSR count). The zero-order valence-electron chi connectivity index (χ0n) is 14.3. The third kappa shape index (κ3) is 3.74. The molecule has 2 aromatic carbocycles. The van der Waals surface area contributed by atoms with E-state index in [2.05, 4.69) is 19.9 Å². The maximum Gasteiger partial charge on any atom is 0.508 e. The lowest BCUT2D eigenvalue weighted by molar-refractivity contribution is 0.424. The van der Waals surface area contributed by atoms with Crippen molar-refractivity contribution in [2.45, 2.75) is 0 Å². The lowest BCUT2D eigenvalue weighted by Crippen LogP contribution is -2.32. The van der Waals surface area contributed by atoms with Crippen molar-refractivity contribution in [1.82, 2.24) is 19.9 Å². The molecule has 0 fully saturated rings. The summed E-state index contributed by atoms with van der Waals surface area (Å²) in [7, 11) is -1.66. The number of nitrogens with zero attached hydrogens (tertiary/aromatic N) is 4. The van der Waals surface area contributed by atoms with Crippen LogP contribution >= 0.6 is 0 Å². The topological polar surface area (TPSA) is 92.0 Å². The van der Waals surface area contributed by atoms with Crippen LogP contribution in [0.4, 0.5) is 0 Å². The van der Waals surface area contributed by atoms with Crippen LogP contribution in [0.2, 0.25) is 0 Å². The summed E-state index contributed by atoms with van der Waals surface area (Å²) in [5, 5.41) is 18.8. The van der Waals surface area contributed by atoms with Gasteiger partial charge in [-0.1, -0.05) is 66.7 Å². The molecule has 0 unspecified atom stereocenters. The molecule has 0 aliphatic rings. The van der Waals surface area contributed by atoms with E-state index >= 15 is 0 Å². The Hall–Kier alpha value is -3.42. The van der Waals surface area contributed by atoms with Crippen molar-refractivity contribution in [1.29, 1.82) is 0 Å². The van der Waals surface area contributed by atoms with Crippen LogP contribution in [-0.2, 0) is 0 Å². The zero-order chi connectivity index (χ0) is 18.6. The molecular weight excluding hydrogens is 339 g/mol. The van der Waals surface area contributed by atoms with Gasteiger partial charge in [0.25, 0.3) is 0 Å². The molecule has 4 aromatic rings. The molecule has 130 valence electrons. The highest BCUT2D eigenvalue weighted by molar-refractivity contribution is 6.57. The number of pyridine rings is 1. The average Bonchev–Trinajstić information content (AvgIpc) is 2.75. The molecule has 0 spiro atoms. The molecule has 7 heteroatoms. The fourth-order valence-corrected chi connectivity index (χ4v) is 2.64. The first-order valence-corrected chi connectivity index (χ1v) is 8.41. The Morgan fingerprint density at radius 2 is 1.04 bits per heavy atom. The Bertz CT molecular complexity index is 1000. The summed E-state index contributed by atoms with van der Waals surface area (Å²) < 4.78 is 0. The van der Waals surface area contributed by atoms with Gasteiger partial charge in [0.1, 0.15) is 5.69 Å². The molecule has 2 aromatic heterocycles. The van der Waals surface area contributed by atoms with E-state index in [1.54, 1.807) is 12.1 Å². The Balaban J connectivity index is 1.90. The SMILES string of the molecule is OB(O)c1cccc(-c2nc(-c3ccccc3)nc(-c3ccccc3)n2)n1. The number of benzene rings is 2. The van der Waals surface area contributed by atoms with Crippen molar-refractivity contribution in [2.24, 2.45) is 0 Å². The van der Waals surface area contributed by atoms with E-state index in [1.165, 1.54) is 6.07 Å². The maximum atomic E-state index is 9.40. The molecule has 6 nitrogen and oxygen atoms in total. The van der Waals surface area contributed by atoms with Gasteiger partial charge in [-0.25, -0.2) is 15.0 Å². The number of rotatable bonds is 4. The van der Waals surface area contributed by atoms with Gasteiger partial charge in [0.2, 0.25) is 0 Å². The predicted octanol–water partition coefficient (Wildman–Crippen LogP) is 1.95. The molecule has 0 atom stereocenters. The van der Waals surface area contributed by atoms with Crippen LogP contribution in [0.15, 0.2) is 78.9 Å². The minimum Gasteiger partial charge on any atom is -0.422 e. The van der Waals surface area contributed by atoms with Crippen molar-refractivity contribution in [2.75, 3.05) is 0 Å². The fraction of sp³-hybridized carbons (Fsp3) is 0. The number of aromatic nitrogens is 4. The minimum atomic E-state index is -1.66. The van der Waals surface area contributed by atoms with E-state index in [9.17, 15) is 10.0 Å². The fourth-order valence-electron chi connectivity index (χ4n) is 2.64. The summed E-state index contributed by atoms with van der Waals surface area (Å²) in [6.45, 7) is 0. The van der Waals surface area contributed by atoms with Gasteiger partial charge in [-0.2, -0.15) is 0 Å². The third-order valence-electron chi connectivity index (χ3n) is 3.96. The highest BCUT2D eigenvalue weighted by atomic mass is 16.4. The second kappa shape index (κ2) is 7.45. The molecule has 2 heterocycles. The molecule has 0 aliphatic heterocycles. The highest BCUT2D eigenvalue weighted by Gasteiger charge is 2.16. The molecule has 0 saturated heterocycles. The second-order valence-electron chi connectivity index (χ2n) is 5.86. The summed E-state index contributed by atoms with van der Waals surface area (Å²) in [6.07, 6.45) is 0. The van der Waals surface area contributed by atoms with Gasteiger partial charge < -0.3 is 10.0 Å². The van der Waals surface area contributed by atoms with Crippen molar-refractivity contribution in [3.05, 3.63) is 78.9 Å². The van der Waals surface area contributed by atoms with Gasteiger partial charge in [0, 0.05) is 11.1 Å². The van der Waals surface area contributed by atoms with Crippen LogP contribution in [-0.4, -0.2) is 37.1 Å². The van der Waals surface area contributed by atoms with Crippen LogP contribution in [0, 0.1) is 0 Å². The molecule has 0 amide bonds. The second-order valence-corrected chi connectivity index (χ2v) is 5.86. The summed E-state index contributed by atoms with van der Waals surface area (Å²) in [5.74, 6) is 1.41. The van der Waals surface area contributed by atoms with Crippen LogP contribution in [0.5, 0.6) is 0 Å². The largest absolute Gasteiger partial charge is 0.508 e. The zero-order valence-corrected chi connectivity index (χ0v) is 14.3. The predicted molar refractivity (Wildman–Crippen MR) is 104 cm³/mol. The normalized spacial score (nSPS) is 10.6. The van der Waals surface area contributed by atoms with Gasteiger partial charge in [0.15, 0.2) is 17.5 Å². The first-order valence-electron chi connectivity index (χ1n) is 8.41. The van der Waals surface area contributed by atoms with E-state index in [0.29, 0.717) is 23.2 Å². The van der Waals surface area contributed by atoms with Crippen LogP contribution in [0.1, 0.15) is 0 Å². The highest BCUT2D eigenvalue weighted by Crippen LogP contribution is 2.23. The van der Waals surface area contributed by atoms with E-state index < -0.39 is 7.12 Å². The summed E-state index contributed by atoms with van der Waals surface area (Å²) in [5.41, 5.74) is 2.29. The van der Waals surface area contributed by atoms with Crippen molar-refractivity contribution >= 4 is 12.7 Å². The minimum absolute atomic E-state index is 0.135.